The van der Waals surface area contributed by atoms with Crippen LogP contribution in [0.2, 0.25) is 0 Å². The molecule has 0 radical (unpaired) electrons. The Labute approximate surface area is 227 Å². The summed E-state index contributed by atoms with van der Waals surface area (Å²) in [5.74, 6) is 2.82. The maximum atomic E-state index is 12.0. The van der Waals surface area contributed by atoms with E-state index in [4.69, 9.17) is 4.74 Å². The summed E-state index contributed by atoms with van der Waals surface area (Å²) in [6.45, 7) is 6.75. The van der Waals surface area contributed by atoms with Gasteiger partial charge in [-0.15, -0.1) is 5.53 Å². The van der Waals surface area contributed by atoms with E-state index in [1.54, 1.807) is 0 Å². The molecule has 6 nitrogen and oxygen atoms in total. The van der Waals surface area contributed by atoms with Gasteiger partial charge in [0.05, 0.1) is 23.7 Å². The molecule has 4 saturated carbocycles. The molecule has 8 rings (SSSR count). The van der Waals surface area contributed by atoms with Gasteiger partial charge in [0.2, 0.25) is 0 Å². The Morgan fingerprint density at radius 1 is 1.05 bits per heavy atom. The lowest BCUT2D eigenvalue weighted by Crippen LogP contribution is -2.60. The first-order chi connectivity index (χ1) is 18.4. The zero-order valence-electron chi connectivity index (χ0n) is 23.3. The second kappa shape index (κ2) is 9.27. The molecule has 0 spiro atoms. The first-order valence-corrected chi connectivity index (χ1v) is 14.9. The summed E-state index contributed by atoms with van der Waals surface area (Å²) in [6.07, 6.45) is 11.0. The summed E-state index contributed by atoms with van der Waals surface area (Å²) in [5.41, 5.74) is 13.1. The van der Waals surface area contributed by atoms with Gasteiger partial charge >= 0.3 is 5.97 Å². The smallest absolute Gasteiger partial charge is 0.306 e. The van der Waals surface area contributed by atoms with E-state index < -0.39 is 0 Å². The fourth-order valence-corrected chi connectivity index (χ4v) is 9.11. The minimum absolute atomic E-state index is 0.125. The van der Waals surface area contributed by atoms with Crippen molar-refractivity contribution in [2.75, 3.05) is 30.2 Å². The van der Waals surface area contributed by atoms with Crippen LogP contribution in [0.5, 0.6) is 0 Å². The fourth-order valence-electron chi connectivity index (χ4n) is 9.11. The van der Waals surface area contributed by atoms with Crippen LogP contribution in [-0.2, 0) is 28.9 Å². The van der Waals surface area contributed by atoms with E-state index >= 15 is 0 Å². The third-order valence-electron chi connectivity index (χ3n) is 10.4. The summed E-state index contributed by atoms with van der Waals surface area (Å²) in [5, 5.41) is 4.40. The van der Waals surface area contributed by atoms with Crippen LogP contribution in [0.25, 0.3) is 0 Å². The molecule has 202 valence electrons. The van der Waals surface area contributed by atoms with Gasteiger partial charge < -0.3 is 4.74 Å². The van der Waals surface area contributed by atoms with E-state index in [9.17, 15) is 4.79 Å². The summed E-state index contributed by atoms with van der Waals surface area (Å²) in [7, 11) is 2.08. The van der Waals surface area contributed by atoms with Crippen molar-refractivity contribution in [3.05, 3.63) is 52.6 Å². The molecule has 0 saturated heterocycles. The number of fused-ring (bicyclic) bond motifs is 2. The highest BCUT2D eigenvalue weighted by Crippen LogP contribution is 2.58. The minimum atomic E-state index is -0.125. The Morgan fingerprint density at radius 3 is 2.50 bits per heavy atom. The quantitative estimate of drug-likeness (QED) is 0.490. The van der Waals surface area contributed by atoms with Crippen LogP contribution in [0.3, 0.4) is 0 Å². The number of anilines is 3. The Bertz CT molecular complexity index is 1220. The topological polar surface area (TPSA) is 48.1 Å². The van der Waals surface area contributed by atoms with E-state index in [2.05, 4.69) is 64.8 Å². The van der Waals surface area contributed by atoms with Gasteiger partial charge in [-0.25, -0.2) is 0 Å². The predicted octanol–water partition coefficient (Wildman–Crippen LogP) is 5.83. The average Bonchev–Trinajstić information content (AvgIpc) is 3.24. The first-order valence-electron chi connectivity index (χ1n) is 14.9. The van der Waals surface area contributed by atoms with Crippen molar-refractivity contribution >= 4 is 23.0 Å². The van der Waals surface area contributed by atoms with Gasteiger partial charge in [-0.2, -0.15) is 0 Å². The number of esters is 1. The highest BCUT2D eigenvalue weighted by atomic mass is 16.5. The molecule has 0 aromatic heterocycles. The minimum Gasteiger partial charge on any atom is -0.466 e. The number of carbonyl (C=O) groups excluding carboxylic acids is 1. The summed E-state index contributed by atoms with van der Waals surface area (Å²) in [4.78, 5) is 14.9. The molecule has 2 aromatic carbocycles. The van der Waals surface area contributed by atoms with Gasteiger partial charge in [0.1, 0.15) is 0 Å². The lowest BCUT2D eigenvalue weighted by Gasteiger charge is -2.61. The summed E-state index contributed by atoms with van der Waals surface area (Å²) in [6, 6.07) is 11.2. The molecule has 2 heterocycles. The van der Waals surface area contributed by atoms with Crippen molar-refractivity contribution in [2.24, 2.45) is 17.8 Å². The number of nitrogens with one attached hydrogen (secondary N) is 1. The summed E-state index contributed by atoms with van der Waals surface area (Å²) < 4.78 is 5.18. The number of aryl methyl sites for hydroxylation is 1. The molecular formula is C32H42N4O2. The number of rotatable bonds is 6. The largest absolute Gasteiger partial charge is 0.466 e. The SMILES string of the molecule is CCOC(=O)CCc1ccc2c(c1C)N(c1cccc3c1CCN(C14CC5CC(CC(C5)C1)C4)C3)NN2C. The maximum absolute atomic E-state index is 12.0. The van der Waals surface area contributed by atoms with Gasteiger partial charge in [-0.3, -0.25) is 19.7 Å². The first kappa shape index (κ1) is 24.5. The number of benzene rings is 2. The van der Waals surface area contributed by atoms with Crippen LogP contribution in [0.1, 0.15) is 74.1 Å². The van der Waals surface area contributed by atoms with E-state index in [1.807, 2.05) is 6.92 Å². The Morgan fingerprint density at radius 2 is 1.79 bits per heavy atom. The molecule has 6 aliphatic rings. The lowest BCUT2D eigenvalue weighted by molar-refractivity contribution is -0.143. The van der Waals surface area contributed by atoms with Crippen LogP contribution < -0.4 is 15.6 Å². The maximum Gasteiger partial charge on any atom is 0.306 e. The van der Waals surface area contributed by atoms with Crippen LogP contribution in [0.4, 0.5) is 17.1 Å². The zero-order valence-corrected chi connectivity index (χ0v) is 23.3. The molecule has 0 atom stereocenters. The molecule has 4 aliphatic carbocycles. The molecule has 38 heavy (non-hydrogen) atoms. The van der Waals surface area contributed by atoms with E-state index in [-0.39, 0.29) is 5.97 Å². The van der Waals surface area contributed by atoms with E-state index in [0.717, 1.165) is 30.7 Å². The molecule has 2 aromatic rings. The van der Waals surface area contributed by atoms with Crippen LogP contribution in [-0.4, -0.2) is 36.6 Å². The number of nitrogens with zero attached hydrogens (tertiary/aromatic N) is 3. The Hall–Kier alpha value is -2.57. The zero-order chi connectivity index (χ0) is 26.0. The number of hydrogen-bond donors (Lipinski definition) is 1. The molecule has 0 unspecified atom stereocenters. The average molecular weight is 515 g/mol. The Balaban J connectivity index is 1.17. The molecule has 1 N–H and O–H groups in total. The van der Waals surface area contributed by atoms with Gasteiger partial charge in [-0.05, 0) is 117 Å². The van der Waals surface area contributed by atoms with Crippen molar-refractivity contribution in [3.63, 3.8) is 0 Å². The highest BCUT2D eigenvalue weighted by Gasteiger charge is 2.53. The Kier molecular flexibility index (Phi) is 5.97. The fraction of sp³-hybridized carbons (Fsp3) is 0.594. The number of hydrogen-bond acceptors (Lipinski definition) is 6. The normalized spacial score (nSPS) is 29.5. The van der Waals surface area contributed by atoms with Gasteiger partial charge in [0, 0.05) is 32.1 Å². The summed E-state index contributed by atoms with van der Waals surface area (Å²) >= 11 is 0. The van der Waals surface area contributed by atoms with Crippen molar-refractivity contribution < 1.29 is 9.53 Å². The molecule has 0 amide bonds. The van der Waals surface area contributed by atoms with Crippen LogP contribution in [0, 0.1) is 24.7 Å². The number of carbonyl (C=O) groups is 1. The van der Waals surface area contributed by atoms with Gasteiger partial charge in [0.15, 0.2) is 0 Å². The lowest BCUT2D eigenvalue weighted by atomic mass is 9.52. The van der Waals surface area contributed by atoms with Crippen molar-refractivity contribution in [3.8, 4) is 0 Å². The number of ether oxygens (including phenoxy) is 1. The molecule has 4 bridgehead atoms. The van der Waals surface area contributed by atoms with E-state index in [0.29, 0.717) is 25.0 Å². The highest BCUT2D eigenvalue weighted by molar-refractivity contribution is 5.85. The molecule has 6 heteroatoms. The molecule has 2 aliphatic heterocycles. The molecule has 4 fully saturated rings. The van der Waals surface area contributed by atoms with Crippen molar-refractivity contribution in [2.45, 2.75) is 83.7 Å². The third-order valence-corrected chi connectivity index (χ3v) is 10.4. The van der Waals surface area contributed by atoms with Crippen LogP contribution >= 0.6 is 0 Å². The molecular weight excluding hydrogens is 472 g/mol. The standard InChI is InChI=1S/C32H42N4O2/c1-4-38-30(37)11-9-25-8-10-29-31(21(25)2)36(33-34(29)3)28-7-5-6-26-20-35(13-12-27(26)28)32-17-22-14-23(18-32)16-24(15-22)19-32/h5-8,10,22-24,33H,4,9,11-20H2,1-3H3. The monoisotopic (exact) mass is 514 g/mol. The second-order valence-corrected chi connectivity index (χ2v) is 12.7. The van der Waals surface area contributed by atoms with Crippen LogP contribution in [0.15, 0.2) is 30.3 Å². The predicted molar refractivity (Wildman–Crippen MR) is 151 cm³/mol. The second-order valence-electron chi connectivity index (χ2n) is 12.7. The van der Waals surface area contributed by atoms with E-state index in [1.165, 1.54) is 84.4 Å². The van der Waals surface area contributed by atoms with Crippen molar-refractivity contribution in [1.29, 1.82) is 0 Å². The van der Waals surface area contributed by atoms with Crippen molar-refractivity contribution in [1.82, 2.24) is 10.4 Å². The third kappa shape index (κ3) is 3.94. The number of hydrazine groups is 2. The van der Waals surface area contributed by atoms with Gasteiger partial charge in [-0.1, -0.05) is 18.2 Å². The van der Waals surface area contributed by atoms with Gasteiger partial charge in [0.25, 0.3) is 0 Å².